The summed E-state index contributed by atoms with van der Waals surface area (Å²) in [5, 5.41) is 4.32. The van der Waals surface area contributed by atoms with Gasteiger partial charge in [-0.15, -0.1) is 0 Å². The molecule has 0 aliphatic rings. The zero-order chi connectivity index (χ0) is 21.9. The van der Waals surface area contributed by atoms with Crippen molar-refractivity contribution in [1.82, 2.24) is 19.9 Å². The Kier molecular flexibility index (Phi) is 5.25. The molecular formula is C26H20FN5. The first-order valence-electron chi connectivity index (χ1n) is 10.3. The molecule has 0 amide bonds. The molecule has 6 heteroatoms. The predicted octanol–water partition coefficient (Wildman–Crippen LogP) is 5.81. The second-order valence-corrected chi connectivity index (χ2v) is 7.50. The zero-order valence-corrected chi connectivity index (χ0v) is 17.5. The lowest BCUT2D eigenvalue weighted by Crippen LogP contribution is -2.06. The molecule has 0 fully saturated rings. The number of aryl methyl sites for hydroxylation is 1. The standard InChI is InChI=1S/C26H20FN5/c1-17-4-2-6-22(30-17)16-29-26-23-12-9-19(18-7-10-21(27)11-8-18)14-24(23)31-25(32-26)20-5-3-13-28-15-20/h2-15H,16H2,1H3,(H,29,31,32). The first-order valence-corrected chi connectivity index (χ1v) is 10.3. The first-order chi connectivity index (χ1) is 15.7. The quantitative estimate of drug-likeness (QED) is 0.388. The highest BCUT2D eigenvalue weighted by molar-refractivity contribution is 5.93. The fourth-order valence-electron chi connectivity index (χ4n) is 3.58. The molecular weight excluding hydrogens is 401 g/mol. The van der Waals surface area contributed by atoms with E-state index in [9.17, 15) is 4.39 Å². The Bertz CT molecular complexity index is 1390. The zero-order valence-electron chi connectivity index (χ0n) is 17.5. The largest absolute Gasteiger partial charge is 0.364 e. The van der Waals surface area contributed by atoms with Crippen molar-refractivity contribution in [3.8, 4) is 22.5 Å². The second kappa shape index (κ2) is 8.51. The molecule has 3 heterocycles. The lowest BCUT2D eigenvalue weighted by Gasteiger charge is -2.12. The molecule has 0 spiro atoms. The van der Waals surface area contributed by atoms with Crippen molar-refractivity contribution in [1.29, 1.82) is 0 Å². The van der Waals surface area contributed by atoms with Gasteiger partial charge >= 0.3 is 0 Å². The molecule has 0 aliphatic heterocycles. The minimum Gasteiger partial charge on any atom is -0.364 e. The van der Waals surface area contributed by atoms with Crippen LogP contribution in [0.3, 0.4) is 0 Å². The van der Waals surface area contributed by atoms with E-state index in [0.29, 0.717) is 12.4 Å². The number of pyridine rings is 2. The molecule has 5 aromatic rings. The summed E-state index contributed by atoms with van der Waals surface area (Å²) in [5.41, 5.74) is 5.41. The summed E-state index contributed by atoms with van der Waals surface area (Å²) < 4.78 is 13.4. The molecule has 32 heavy (non-hydrogen) atoms. The van der Waals surface area contributed by atoms with Crippen molar-refractivity contribution in [3.05, 3.63) is 102 Å². The van der Waals surface area contributed by atoms with Crippen LogP contribution < -0.4 is 5.32 Å². The maximum atomic E-state index is 13.4. The van der Waals surface area contributed by atoms with Gasteiger partial charge in [0.2, 0.25) is 0 Å². The summed E-state index contributed by atoms with van der Waals surface area (Å²) in [6, 6.07) is 22.2. The van der Waals surface area contributed by atoms with E-state index in [1.165, 1.54) is 12.1 Å². The van der Waals surface area contributed by atoms with E-state index in [0.717, 1.165) is 44.8 Å². The Balaban J connectivity index is 1.59. The Labute approximate surface area is 185 Å². The van der Waals surface area contributed by atoms with Crippen LogP contribution in [0, 0.1) is 12.7 Å². The maximum Gasteiger partial charge on any atom is 0.163 e. The molecule has 0 radical (unpaired) electrons. The van der Waals surface area contributed by atoms with Gasteiger partial charge in [-0.2, -0.15) is 0 Å². The third-order valence-corrected chi connectivity index (χ3v) is 5.18. The molecule has 3 aromatic heterocycles. The smallest absolute Gasteiger partial charge is 0.163 e. The predicted molar refractivity (Wildman–Crippen MR) is 124 cm³/mol. The van der Waals surface area contributed by atoms with Crippen LogP contribution in [0.5, 0.6) is 0 Å². The van der Waals surface area contributed by atoms with Gasteiger partial charge in [-0.25, -0.2) is 14.4 Å². The summed E-state index contributed by atoms with van der Waals surface area (Å²) in [4.78, 5) is 18.3. The van der Waals surface area contributed by atoms with Gasteiger partial charge in [0.15, 0.2) is 5.82 Å². The number of aromatic nitrogens is 4. The van der Waals surface area contributed by atoms with Crippen LogP contribution in [-0.2, 0) is 6.54 Å². The van der Waals surface area contributed by atoms with Crippen LogP contribution in [-0.4, -0.2) is 19.9 Å². The average molecular weight is 421 g/mol. The lowest BCUT2D eigenvalue weighted by atomic mass is 10.0. The topological polar surface area (TPSA) is 63.6 Å². The van der Waals surface area contributed by atoms with Crippen LogP contribution in [0.2, 0.25) is 0 Å². The van der Waals surface area contributed by atoms with E-state index in [1.807, 2.05) is 55.5 Å². The fraction of sp³-hybridized carbons (Fsp3) is 0.0769. The minimum atomic E-state index is -0.257. The van der Waals surface area contributed by atoms with Crippen molar-refractivity contribution in [2.45, 2.75) is 13.5 Å². The molecule has 0 bridgehead atoms. The Hall–Kier alpha value is -4.19. The first kappa shape index (κ1) is 19.8. The molecule has 0 atom stereocenters. The minimum absolute atomic E-state index is 0.257. The van der Waals surface area contributed by atoms with E-state index in [-0.39, 0.29) is 5.82 Å². The van der Waals surface area contributed by atoms with Crippen LogP contribution in [0.4, 0.5) is 10.2 Å². The SMILES string of the molecule is Cc1cccc(CNc2nc(-c3cccnc3)nc3cc(-c4ccc(F)cc4)ccc23)n1. The highest BCUT2D eigenvalue weighted by atomic mass is 19.1. The van der Waals surface area contributed by atoms with Gasteiger partial charge in [-0.1, -0.05) is 24.3 Å². The maximum absolute atomic E-state index is 13.4. The van der Waals surface area contributed by atoms with Gasteiger partial charge in [0.1, 0.15) is 11.6 Å². The number of hydrogen-bond acceptors (Lipinski definition) is 5. The molecule has 2 aromatic carbocycles. The van der Waals surface area contributed by atoms with Crippen LogP contribution in [0.25, 0.3) is 33.4 Å². The molecule has 0 saturated carbocycles. The molecule has 0 saturated heterocycles. The summed E-state index contributed by atoms with van der Waals surface area (Å²) >= 11 is 0. The molecule has 0 unspecified atom stereocenters. The van der Waals surface area contributed by atoms with E-state index in [1.54, 1.807) is 24.5 Å². The number of rotatable bonds is 5. The number of nitrogens with zero attached hydrogens (tertiary/aromatic N) is 4. The van der Waals surface area contributed by atoms with Gasteiger partial charge in [-0.05, 0) is 66.6 Å². The van der Waals surface area contributed by atoms with Crippen molar-refractivity contribution < 1.29 is 4.39 Å². The average Bonchev–Trinajstić information content (AvgIpc) is 2.83. The highest BCUT2D eigenvalue weighted by Crippen LogP contribution is 2.29. The van der Waals surface area contributed by atoms with Gasteiger partial charge in [-0.3, -0.25) is 9.97 Å². The van der Waals surface area contributed by atoms with E-state index in [4.69, 9.17) is 9.97 Å². The normalized spacial score (nSPS) is 10.9. The van der Waals surface area contributed by atoms with Crippen LogP contribution in [0.1, 0.15) is 11.4 Å². The fourth-order valence-corrected chi connectivity index (χ4v) is 3.58. The molecule has 1 N–H and O–H groups in total. The van der Waals surface area contributed by atoms with Gasteiger partial charge in [0, 0.05) is 29.0 Å². The summed E-state index contributed by atoms with van der Waals surface area (Å²) in [6.07, 6.45) is 3.47. The van der Waals surface area contributed by atoms with Crippen LogP contribution in [0.15, 0.2) is 85.2 Å². The van der Waals surface area contributed by atoms with Crippen molar-refractivity contribution >= 4 is 16.7 Å². The lowest BCUT2D eigenvalue weighted by molar-refractivity contribution is 0.628. The van der Waals surface area contributed by atoms with Crippen molar-refractivity contribution in [2.75, 3.05) is 5.32 Å². The van der Waals surface area contributed by atoms with Gasteiger partial charge in [0.05, 0.1) is 17.8 Å². The number of fused-ring (bicyclic) bond motifs is 1. The Morgan fingerprint density at radius 1 is 0.812 bits per heavy atom. The number of anilines is 1. The van der Waals surface area contributed by atoms with Crippen molar-refractivity contribution in [2.24, 2.45) is 0 Å². The summed E-state index contributed by atoms with van der Waals surface area (Å²) in [6.45, 7) is 2.51. The third-order valence-electron chi connectivity index (χ3n) is 5.18. The number of nitrogens with one attached hydrogen (secondary N) is 1. The van der Waals surface area contributed by atoms with Gasteiger partial charge < -0.3 is 5.32 Å². The highest BCUT2D eigenvalue weighted by Gasteiger charge is 2.11. The molecule has 156 valence electrons. The molecule has 5 rings (SSSR count). The summed E-state index contributed by atoms with van der Waals surface area (Å²) in [7, 11) is 0. The number of halogens is 1. The van der Waals surface area contributed by atoms with Crippen molar-refractivity contribution in [3.63, 3.8) is 0 Å². The van der Waals surface area contributed by atoms with E-state index in [2.05, 4.69) is 15.3 Å². The monoisotopic (exact) mass is 421 g/mol. The number of hydrogen-bond donors (Lipinski definition) is 1. The Morgan fingerprint density at radius 3 is 2.44 bits per heavy atom. The Morgan fingerprint density at radius 2 is 1.66 bits per heavy atom. The summed E-state index contributed by atoms with van der Waals surface area (Å²) in [5.74, 6) is 1.05. The van der Waals surface area contributed by atoms with E-state index < -0.39 is 0 Å². The van der Waals surface area contributed by atoms with Crippen LogP contribution >= 0.6 is 0 Å². The third kappa shape index (κ3) is 4.16. The van der Waals surface area contributed by atoms with E-state index >= 15 is 0 Å². The van der Waals surface area contributed by atoms with Gasteiger partial charge in [0.25, 0.3) is 0 Å². The molecule has 0 aliphatic carbocycles. The molecule has 5 nitrogen and oxygen atoms in total. The number of benzene rings is 2. The second-order valence-electron chi connectivity index (χ2n) is 7.50.